The molecule has 2 fully saturated rings. The molecule has 2 saturated carbocycles. The zero-order valence-electron chi connectivity index (χ0n) is 6.88. The first-order chi connectivity index (χ1) is 5.31. The Bertz CT molecular complexity index is 176. The molecule has 0 aromatic rings. The number of hydrogen-bond donors (Lipinski definition) is 0. The molecule has 3 atom stereocenters. The molecule has 2 nitrogen and oxygen atoms in total. The minimum atomic E-state index is 0.00958. The lowest BCUT2D eigenvalue weighted by Crippen LogP contribution is -2.19. The Morgan fingerprint density at radius 2 is 2.09 bits per heavy atom. The predicted molar refractivity (Wildman–Crippen MR) is 41.0 cm³/mol. The van der Waals surface area contributed by atoms with Crippen LogP contribution >= 0.6 is 0 Å². The van der Waals surface area contributed by atoms with Crippen LogP contribution in [0.5, 0.6) is 0 Å². The van der Waals surface area contributed by atoms with Crippen molar-refractivity contribution in [2.75, 3.05) is 7.11 Å². The highest BCUT2D eigenvalue weighted by Crippen LogP contribution is 2.51. The third-order valence-electron chi connectivity index (χ3n) is 3.08. The van der Waals surface area contributed by atoms with Gasteiger partial charge in [0.05, 0.1) is 13.0 Å². The molecule has 2 rings (SSSR count). The van der Waals surface area contributed by atoms with Gasteiger partial charge in [-0.15, -0.1) is 0 Å². The van der Waals surface area contributed by atoms with Gasteiger partial charge in [-0.25, -0.2) is 0 Å². The zero-order chi connectivity index (χ0) is 7.84. The number of carbonyl (C=O) groups is 1. The van der Waals surface area contributed by atoms with Crippen molar-refractivity contribution in [2.45, 2.75) is 25.7 Å². The fourth-order valence-corrected chi connectivity index (χ4v) is 2.23. The van der Waals surface area contributed by atoms with E-state index in [9.17, 15) is 4.79 Å². The van der Waals surface area contributed by atoms with Crippen molar-refractivity contribution in [3.05, 3.63) is 0 Å². The lowest BCUT2D eigenvalue weighted by molar-refractivity contribution is -0.146. The average Bonchev–Trinajstić information content (AvgIpc) is 2.80. The Kier molecular flexibility index (Phi) is 1.63. The third-order valence-corrected chi connectivity index (χ3v) is 3.08. The SMILES string of the molecule is COC(=O)[C@H]1CC[C@@H]2C[C@@H]2C1. The molecular weight excluding hydrogens is 140 g/mol. The highest BCUT2D eigenvalue weighted by Gasteiger charge is 2.44. The van der Waals surface area contributed by atoms with E-state index in [-0.39, 0.29) is 11.9 Å². The highest BCUT2D eigenvalue weighted by molar-refractivity contribution is 5.72. The van der Waals surface area contributed by atoms with Crippen molar-refractivity contribution in [2.24, 2.45) is 17.8 Å². The number of carbonyl (C=O) groups excluding carboxylic acids is 1. The van der Waals surface area contributed by atoms with Gasteiger partial charge in [0.15, 0.2) is 0 Å². The molecule has 0 saturated heterocycles. The van der Waals surface area contributed by atoms with Crippen LogP contribution in [0.4, 0.5) is 0 Å². The first kappa shape index (κ1) is 7.14. The van der Waals surface area contributed by atoms with Gasteiger partial charge in [0.1, 0.15) is 0 Å². The average molecular weight is 154 g/mol. The zero-order valence-corrected chi connectivity index (χ0v) is 6.88. The molecule has 62 valence electrons. The van der Waals surface area contributed by atoms with Crippen LogP contribution in [0.1, 0.15) is 25.7 Å². The van der Waals surface area contributed by atoms with E-state index < -0.39 is 0 Å². The van der Waals surface area contributed by atoms with E-state index in [0.717, 1.165) is 24.7 Å². The second kappa shape index (κ2) is 2.50. The van der Waals surface area contributed by atoms with E-state index in [0.29, 0.717) is 0 Å². The van der Waals surface area contributed by atoms with Gasteiger partial charge in [0, 0.05) is 0 Å². The van der Waals surface area contributed by atoms with Gasteiger partial charge in [0.2, 0.25) is 0 Å². The van der Waals surface area contributed by atoms with Crippen molar-refractivity contribution in [1.29, 1.82) is 0 Å². The number of methoxy groups -OCH3 is 1. The third kappa shape index (κ3) is 1.26. The van der Waals surface area contributed by atoms with Crippen LogP contribution in [0.25, 0.3) is 0 Å². The summed E-state index contributed by atoms with van der Waals surface area (Å²) < 4.78 is 4.72. The topological polar surface area (TPSA) is 26.3 Å². The van der Waals surface area contributed by atoms with E-state index in [4.69, 9.17) is 4.74 Å². The van der Waals surface area contributed by atoms with Gasteiger partial charge < -0.3 is 4.74 Å². The molecule has 2 aliphatic carbocycles. The summed E-state index contributed by atoms with van der Waals surface area (Å²) in [6, 6.07) is 0. The first-order valence-corrected chi connectivity index (χ1v) is 4.39. The van der Waals surface area contributed by atoms with Crippen molar-refractivity contribution < 1.29 is 9.53 Å². The summed E-state index contributed by atoms with van der Waals surface area (Å²) >= 11 is 0. The minimum absolute atomic E-state index is 0.00958. The monoisotopic (exact) mass is 154 g/mol. The Morgan fingerprint density at radius 1 is 1.27 bits per heavy atom. The number of hydrogen-bond acceptors (Lipinski definition) is 2. The van der Waals surface area contributed by atoms with Crippen molar-refractivity contribution in [1.82, 2.24) is 0 Å². The maximum absolute atomic E-state index is 11.1. The second-order valence-electron chi connectivity index (χ2n) is 3.79. The van der Waals surface area contributed by atoms with Crippen molar-refractivity contribution in [3.63, 3.8) is 0 Å². The van der Waals surface area contributed by atoms with Crippen LogP contribution in [0.3, 0.4) is 0 Å². The fraction of sp³-hybridized carbons (Fsp3) is 0.889. The minimum Gasteiger partial charge on any atom is -0.469 e. The number of rotatable bonds is 1. The summed E-state index contributed by atoms with van der Waals surface area (Å²) in [7, 11) is 1.49. The number of fused-ring (bicyclic) bond motifs is 1. The Hall–Kier alpha value is -0.530. The maximum atomic E-state index is 11.1. The lowest BCUT2D eigenvalue weighted by atomic mass is 9.89. The molecule has 0 radical (unpaired) electrons. The van der Waals surface area contributed by atoms with Crippen LogP contribution in [0.15, 0.2) is 0 Å². The summed E-state index contributed by atoms with van der Waals surface area (Å²) in [5.74, 6) is 2.07. The van der Waals surface area contributed by atoms with Gasteiger partial charge in [-0.05, 0) is 37.5 Å². The van der Waals surface area contributed by atoms with Crippen molar-refractivity contribution >= 4 is 5.97 Å². The van der Waals surface area contributed by atoms with Gasteiger partial charge in [-0.3, -0.25) is 4.79 Å². The normalized spacial score (nSPS) is 41.0. The molecule has 11 heavy (non-hydrogen) atoms. The standard InChI is InChI=1S/C9H14O2/c1-11-9(10)7-3-2-6-4-8(6)5-7/h6-8H,2-5H2,1H3/t6-,7+,8-/m1/s1. The molecule has 2 aliphatic rings. The molecular formula is C9H14O2. The number of ether oxygens (including phenoxy) is 1. The van der Waals surface area contributed by atoms with Gasteiger partial charge in [-0.2, -0.15) is 0 Å². The largest absolute Gasteiger partial charge is 0.469 e. The molecule has 0 spiro atoms. The van der Waals surface area contributed by atoms with Crippen LogP contribution < -0.4 is 0 Å². The Labute approximate surface area is 66.9 Å². The van der Waals surface area contributed by atoms with Crippen LogP contribution in [-0.2, 0) is 9.53 Å². The summed E-state index contributed by atoms with van der Waals surface area (Å²) in [5.41, 5.74) is 0. The Morgan fingerprint density at radius 3 is 2.73 bits per heavy atom. The van der Waals surface area contributed by atoms with E-state index in [1.165, 1.54) is 20.0 Å². The quantitative estimate of drug-likeness (QED) is 0.536. The first-order valence-electron chi connectivity index (χ1n) is 4.39. The summed E-state index contributed by atoms with van der Waals surface area (Å²) in [6.45, 7) is 0. The highest BCUT2D eigenvalue weighted by atomic mass is 16.5. The van der Waals surface area contributed by atoms with E-state index >= 15 is 0 Å². The molecule has 0 unspecified atom stereocenters. The van der Waals surface area contributed by atoms with E-state index in [1.807, 2.05) is 0 Å². The van der Waals surface area contributed by atoms with E-state index in [1.54, 1.807) is 0 Å². The molecule has 0 heterocycles. The smallest absolute Gasteiger partial charge is 0.308 e. The fourth-order valence-electron chi connectivity index (χ4n) is 2.23. The molecule has 2 heteroatoms. The van der Waals surface area contributed by atoms with E-state index in [2.05, 4.69) is 0 Å². The molecule has 0 bridgehead atoms. The van der Waals surface area contributed by atoms with Crippen LogP contribution in [-0.4, -0.2) is 13.1 Å². The van der Waals surface area contributed by atoms with Crippen molar-refractivity contribution in [3.8, 4) is 0 Å². The Balaban J connectivity index is 1.89. The molecule has 0 aromatic carbocycles. The van der Waals surface area contributed by atoms with Crippen LogP contribution in [0, 0.1) is 17.8 Å². The van der Waals surface area contributed by atoms with Gasteiger partial charge >= 0.3 is 5.97 Å². The number of esters is 1. The van der Waals surface area contributed by atoms with Gasteiger partial charge in [-0.1, -0.05) is 0 Å². The second-order valence-corrected chi connectivity index (χ2v) is 3.79. The molecule has 0 N–H and O–H groups in total. The molecule has 0 aromatic heterocycles. The summed E-state index contributed by atoms with van der Waals surface area (Å²) in [6.07, 6.45) is 4.78. The lowest BCUT2D eigenvalue weighted by Gasteiger charge is -2.18. The molecule has 0 amide bonds. The predicted octanol–water partition coefficient (Wildman–Crippen LogP) is 1.60. The van der Waals surface area contributed by atoms with Gasteiger partial charge in [0.25, 0.3) is 0 Å². The van der Waals surface area contributed by atoms with Crippen LogP contribution in [0.2, 0.25) is 0 Å². The molecule has 0 aliphatic heterocycles. The summed E-state index contributed by atoms with van der Waals surface area (Å²) in [5, 5.41) is 0. The summed E-state index contributed by atoms with van der Waals surface area (Å²) in [4.78, 5) is 11.1. The maximum Gasteiger partial charge on any atom is 0.308 e.